The Bertz CT molecular complexity index is 221. The van der Waals surface area contributed by atoms with Gasteiger partial charge in [-0.05, 0) is 45.1 Å². The number of amides is 1. The molecule has 4 nitrogen and oxygen atoms in total. The van der Waals surface area contributed by atoms with Crippen LogP contribution in [0.2, 0.25) is 0 Å². The zero-order valence-corrected chi connectivity index (χ0v) is 9.84. The summed E-state index contributed by atoms with van der Waals surface area (Å²) in [5.74, 6) is 0.160. The van der Waals surface area contributed by atoms with Crippen LogP contribution in [0.3, 0.4) is 0 Å². The van der Waals surface area contributed by atoms with Crippen molar-refractivity contribution in [1.29, 1.82) is 0 Å². The fourth-order valence-electron chi connectivity index (χ4n) is 2.42. The zero-order chi connectivity index (χ0) is 11.2. The summed E-state index contributed by atoms with van der Waals surface area (Å²) in [4.78, 5) is 11.7. The van der Waals surface area contributed by atoms with E-state index in [2.05, 4.69) is 10.6 Å². The van der Waals surface area contributed by atoms with Crippen LogP contribution in [-0.2, 0) is 9.53 Å². The van der Waals surface area contributed by atoms with Crippen LogP contribution in [0, 0.1) is 0 Å². The summed E-state index contributed by atoms with van der Waals surface area (Å²) >= 11 is 0. The van der Waals surface area contributed by atoms with Crippen LogP contribution in [-0.4, -0.2) is 37.7 Å². The van der Waals surface area contributed by atoms with Gasteiger partial charge in [0.2, 0.25) is 5.91 Å². The molecule has 2 rings (SSSR count). The van der Waals surface area contributed by atoms with Gasteiger partial charge in [-0.25, -0.2) is 0 Å². The Hall–Kier alpha value is -0.610. The Morgan fingerprint density at radius 3 is 2.94 bits per heavy atom. The van der Waals surface area contributed by atoms with E-state index in [1.54, 1.807) is 0 Å². The van der Waals surface area contributed by atoms with Crippen LogP contribution >= 0.6 is 0 Å². The van der Waals surface area contributed by atoms with E-state index in [1.807, 2.05) is 0 Å². The lowest BCUT2D eigenvalue weighted by atomic mass is 10.1. The van der Waals surface area contributed by atoms with Crippen molar-refractivity contribution in [2.45, 2.75) is 50.7 Å². The molecule has 2 fully saturated rings. The Labute approximate surface area is 97.1 Å². The van der Waals surface area contributed by atoms with Gasteiger partial charge in [-0.2, -0.15) is 0 Å². The predicted octanol–water partition coefficient (Wildman–Crippen LogP) is 0.814. The van der Waals surface area contributed by atoms with E-state index in [-0.39, 0.29) is 11.9 Å². The van der Waals surface area contributed by atoms with Gasteiger partial charge >= 0.3 is 0 Å². The normalized spacial score (nSPS) is 30.2. The fraction of sp³-hybridized carbons (Fsp3) is 0.917. The Kier molecular flexibility index (Phi) is 4.60. The molecule has 2 aliphatic rings. The molecule has 0 aromatic carbocycles. The molecule has 0 spiro atoms. The minimum atomic E-state index is 0.0484. The van der Waals surface area contributed by atoms with Crippen molar-refractivity contribution >= 4 is 5.91 Å². The average molecular weight is 226 g/mol. The molecule has 16 heavy (non-hydrogen) atoms. The predicted molar refractivity (Wildman–Crippen MR) is 62.2 cm³/mol. The quantitative estimate of drug-likeness (QED) is 0.746. The summed E-state index contributed by atoms with van der Waals surface area (Å²) in [6.45, 7) is 2.62. The van der Waals surface area contributed by atoms with Gasteiger partial charge in [0, 0.05) is 13.2 Å². The maximum absolute atomic E-state index is 11.7. The number of ether oxygens (including phenoxy) is 1. The molecule has 92 valence electrons. The lowest BCUT2D eigenvalue weighted by Crippen LogP contribution is -2.41. The first kappa shape index (κ1) is 11.9. The van der Waals surface area contributed by atoms with Gasteiger partial charge in [0.05, 0.1) is 12.1 Å². The molecule has 4 heteroatoms. The van der Waals surface area contributed by atoms with Gasteiger partial charge in [-0.15, -0.1) is 0 Å². The third-order valence-corrected chi connectivity index (χ3v) is 3.42. The molecule has 0 aromatic rings. The third kappa shape index (κ3) is 3.46. The number of carbonyl (C=O) groups excluding carboxylic acids is 1. The molecule has 2 atom stereocenters. The van der Waals surface area contributed by atoms with Crippen molar-refractivity contribution < 1.29 is 9.53 Å². The van der Waals surface area contributed by atoms with Crippen LogP contribution in [0.25, 0.3) is 0 Å². The first-order valence-corrected chi connectivity index (χ1v) is 6.49. The number of carbonyl (C=O) groups is 1. The molecule has 0 radical (unpaired) electrons. The van der Waals surface area contributed by atoms with Crippen molar-refractivity contribution in [3.05, 3.63) is 0 Å². The van der Waals surface area contributed by atoms with Gasteiger partial charge in [0.1, 0.15) is 0 Å². The van der Waals surface area contributed by atoms with Crippen LogP contribution in [0.1, 0.15) is 38.5 Å². The summed E-state index contributed by atoms with van der Waals surface area (Å²) in [6.07, 6.45) is 7.02. The maximum Gasteiger partial charge on any atom is 0.237 e. The highest BCUT2D eigenvalue weighted by Gasteiger charge is 2.21. The van der Waals surface area contributed by atoms with Crippen molar-refractivity contribution in [2.24, 2.45) is 0 Å². The summed E-state index contributed by atoms with van der Waals surface area (Å²) in [5, 5.41) is 6.19. The standard InChI is InChI=1S/C12H22N2O2/c15-12(11-5-3-7-13-11)14-8-6-10-4-1-2-9-16-10/h10-11,13H,1-9H2,(H,14,15). The number of hydrogen-bond acceptors (Lipinski definition) is 3. The molecule has 1 amide bonds. The maximum atomic E-state index is 11.7. The van der Waals surface area contributed by atoms with E-state index in [9.17, 15) is 4.79 Å². The second-order valence-corrected chi connectivity index (χ2v) is 4.72. The van der Waals surface area contributed by atoms with Crippen LogP contribution in [0.5, 0.6) is 0 Å². The number of hydrogen-bond donors (Lipinski definition) is 2. The van der Waals surface area contributed by atoms with E-state index < -0.39 is 0 Å². The van der Waals surface area contributed by atoms with Gasteiger partial charge in [-0.3, -0.25) is 4.79 Å². The molecule has 2 aliphatic heterocycles. The molecular weight excluding hydrogens is 204 g/mol. The lowest BCUT2D eigenvalue weighted by molar-refractivity contribution is -0.122. The highest BCUT2D eigenvalue weighted by atomic mass is 16.5. The van der Waals surface area contributed by atoms with Gasteiger partial charge < -0.3 is 15.4 Å². The Morgan fingerprint density at radius 2 is 2.25 bits per heavy atom. The van der Waals surface area contributed by atoms with E-state index in [4.69, 9.17) is 4.74 Å². The average Bonchev–Trinajstić information content (AvgIpc) is 2.84. The van der Waals surface area contributed by atoms with Crippen LogP contribution < -0.4 is 10.6 Å². The van der Waals surface area contributed by atoms with Crippen molar-refractivity contribution in [1.82, 2.24) is 10.6 Å². The summed E-state index contributed by atoms with van der Waals surface area (Å²) in [5.41, 5.74) is 0. The van der Waals surface area contributed by atoms with Gasteiger partial charge in [0.15, 0.2) is 0 Å². The number of nitrogens with one attached hydrogen (secondary N) is 2. The largest absolute Gasteiger partial charge is 0.378 e. The second kappa shape index (κ2) is 6.21. The molecule has 2 unspecified atom stereocenters. The molecule has 0 aliphatic carbocycles. The first-order valence-electron chi connectivity index (χ1n) is 6.49. The van der Waals surface area contributed by atoms with Crippen LogP contribution in [0.15, 0.2) is 0 Å². The topological polar surface area (TPSA) is 50.4 Å². The summed E-state index contributed by atoms with van der Waals surface area (Å²) in [6, 6.07) is 0.0484. The van der Waals surface area contributed by atoms with E-state index >= 15 is 0 Å². The van der Waals surface area contributed by atoms with Crippen LogP contribution in [0.4, 0.5) is 0 Å². The summed E-state index contributed by atoms with van der Waals surface area (Å²) in [7, 11) is 0. The van der Waals surface area contributed by atoms with Gasteiger partial charge in [-0.1, -0.05) is 0 Å². The second-order valence-electron chi connectivity index (χ2n) is 4.72. The Morgan fingerprint density at radius 1 is 1.31 bits per heavy atom. The first-order chi connectivity index (χ1) is 7.86. The Balaban J connectivity index is 1.57. The monoisotopic (exact) mass is 226 g/mol. The van der Waals surface area contributed by atoms with E-state index in [1.165, 1.54) is 12.8 Å². The molecule has 0 saturated carbocycles. The molecule has 2 heterocycles. The lowest BCUT2D eigenvalue weighted by Gasteiger charge is -2.22. The highest BCUT2D eigenvalue weighted by molar-refractivity contribution is 5.81. The zero-order valence-electron chi connectivity index (χ0n) is 9.84. The van der Waals surface area contributed by atoms with Gasteiger partial charge in [0.25, 0.3) is 0 Å². The fourth-order valence-corrected chi connectivity index (χ4v) is 2.42. The SMILES string of the molecule is O=C(NCCC1CCCCO1)C1CCCN1. The van der Waals surface area contributed by atoms with E-state index in [0.717, 1.165) is 45.4 Å². The third-order valence-electron chi connectivity index (χ3n) is 3.42. The highest BCUT2D eigenvalue weighted by Crippen LogP contribution is 2.14. The number of rotatable bonds is 4. The molecule has 2 saturated heterocycles. The molecule has 0 aromatic heterocycles. The summed E-state index contributed by atoms with van der Waals surface area (Å²) < 4.78 is 5.62. The van der Waals surface area contributed by atoms with Crippen molar-refractivity contribution in [3.8, 4) is 0 Å². The minimum absolute atomic E-state index is 0.0484. The molecule has 0 bridgehead atoms. The van der Waals surface area contributed by atoms with Crippen molar-refractivity contribution in [2.75, 3.05) is 19.7 Å². The van der Waals surface area contributed by atoms with Crippen molar-refractivity contribution in [3.63, 3.8) is 0 Å². The van der Waals surface area contributed by atoms with E-state index in [0.29, 0.717) is 6.10 Å². The smallest absolute Gasteiger partial charge is 0.237 e. The minimum Gasteiger partial charge on any atom is -0.378 e. The molecular formula is C12H22N2O2. The molecule has 2 N–H and O–H groups in total.